The summed E-state index contributed by atoms with van der Waals surface area (Å²) in [5.41, 5.74) is 1.29. The van der Waals surface area contributed by atoms with Crippen molar-refractivity contribution in [2.75, 3.05) is 31.1 Å². The number of halogens is 3. The molecule has 146 valence electrons. The summed E-state index contributed by atoms with van der Waals surface area (Å²) in [7, 11) is 0. The van der Waals surface area contributed by atoms with Gasteiger partial charge < -0.3 is 9.80 Å². The molecule has 0 N–H and O–H groups in total. The van der Waals surface area contributed by atoms with Crippen molar-refractivity contribution < 1.29 is 18.0 Å². The van der Waals surface area contributed by atoms with Gasteiger partial charge in [-0.25, -0.2) is 0 Å². The number of anilines is 1. The Morgan fingerprint density at radius 3 is 2.30 bits per heavy atom. The summed E-state index contributed by atoms with van der Waals surface area (Å²) in [4.78, 5) is 16.2. The second-order valence-electron chi connectivity index (χ2n) is 6.87. The number of amides is 1. The number of alkyl halides is 3. The molecule has 1 aromatic carbocycles. The van der Waals surface area contributed by atoms with E-state index in [1.54, 1.807) is 27.5 Å². The summed E-state index contributed by atoms with van der Waals surface area (Å²) in [6, 6.07) is 7.05. The summed E-state index contributed by atoms with van der Waals surface area (Å²) in [6.07, 6.45) is -4.40. The summed E-state index contributed by atoms with van der Waals surface area (Å²) in [5, 5.41) is 4.36. The minimum Gasteiger partial charge on any atom is -0.367 e. The van der Waals surface area contributed by atoms with Gasteiger partial charge in [0.1, 0.15) is 6.04 Å². The number of aromatic nitrogens is 2. The number of hydrogen-bond acceptors (Lipinski definition) is 3. The molecule has 1 saturated heterocycles. The molecule has 0 aliphatic carbocycles. The van der Waals surface area contributed by atoms with Crippen molar-refractivity contribution in [2.45, 2.75) is 33.0 Å². The number of carbonyl (C=O) groups is 1. The van der Waals surface area contributed by atoms with Crippen LogP contribution in [0, 0.1) is 13.8 Å². The lowest BCUT2D eigenvalue weighted by Crippen LogP contribution is -2.50. The second kappa shape index (κ2) is 7.25. The van der Waals surface area contributed by atoms with E-state index in [9.17, 15) is 18.0 Å². The summed E-state index contributed by atoms with van der Waals surface area (Å²) in [6.45, 7) is 7.06. The molecule has 1 aliphatic rings. The van der Waals surface area contributed by atoms with Gasteiger partial charge in [0.2, 0.25) is 5.91 Å². The fourth-order valence-corrected chi connectivity index (χ4v) is 3.56. The van der Waals surface area contributed by atoms with Gasteiger partial charge in [-0.05, 0) is 39.0 Å². The Hall–Kier alpha value is -2.51. The van der Waals surface area contributed by atoms with Crippen LogP contribution in [0.25, 0.3) is 0 Å². The van der Waals surface area contributed by atoms with E-state index in [0.29, 0.717) is 26.2 Å². The molecule has 1 amide bonds. The van der Waals surface area contributed by atoms with Crippen LogP contribution in [0.4, 0.5) is 18.9 Å². The Labute approximate surface area is 156 Å². The van der Waals surface area contributed by atoms with Crippen LogP contribution in [0.5, 0.6) is 0 Å². The molecule has 1 aliphatic heterocycles. The minimum absolute atomic E-state index is 0.0649. The molecule has 3 rings (SSSR count). The lowest BCUT2D eigenvalue weighted by molar-refractivity contribution is -0.138. The predicted molar refractivity (Wildman–Crippen MR) is 96.6 cm³/mol. The summed E-state index contributed by atoms with van der Waals surface area (Å²) in [5.74, 6) is -0.0649. The monoisotopic (exact) mass is 380 g/mol. The third-order valence-corrected chi connectivity index (χ3v) is 4.91. The molecule has 27 heavy (non-hydrogen) atoms. The van der Waals surface area contributed by atoms with Gasteiger partial charge in [-0.2, -0.15) is 18.3 Å². The zero-order chi connectivity index (χ0) is 19.8. The Bertz CT molecular complexity index is 823. The summed E-state index contributed by atoms with van der Waals surface area (Å²) < 4.78 is 41.4. The molecule has 1 aromatic heterocycles. The Morgan fingerprint density at radius 1 is 1.11 bits per heavy atom. The van der Waals surface area contributed by atoms with Crippen molar-refractivity contribution in [1.82, 2.24) is 14.7 Å². The first-order valence-corrected chi connectivity index (χ1v) is 8.91. The van der Waals surface area contributed by atoms with Gasteiger partial charge in [0.25, 0.3) is 0 Å². The maximum atomic E-state index is 13.2. The highest BCUT2D eigenvalue weighted by Crippen LogP contribution is 2.36. The lowest BCUT2D eigenvalue weighted by atomic mass is 10.1. The molecule has 0 bridgehead atoms. The molecule has 0 spiro atoms. The molecule has 0 saturated carbocycles. The fourth-order valence-electron chi connectivity index (χ4n) is 3.56. The van der Waals surface area contributed by atoms with E-state index in [2.05, 4.69) is 5.10 Å². The first-order chi connectivity index (χ1) is 12.7. The minimum atomic E-state index is -4.40. The van der Waals surface area contributed by atoms with E-state index < -0.39 is 17.8 Å². The number of para-hydroxylation sites is 1. The third-order valence-electron chi connectivity index (χ3n) is 4.91. The smallest absolute Gasteiger partial charge is 0.367 e. The van der Waals surface area contributed by atoms with E-state index in [1.807, 2.05) is 19.9 Å². The van der Waals surface area contributed by atoms with Crippen LogP contribution >= 0.6 is 0 Å². The van der Waals surface area contributed by atoms with Crippen LogP contribution in [0.2, 0.25) is 0 Å². The van der Waals surface area contributed by atoms with E-state index in [0.717, 1.165) is 17.5 Å². The molecular formula is C19H23F3N4O. The van der Waals surface area contributed by atoms with Crippen LogP contribution in [0.1, 0.15) is 29.9 Å². The van der Waals surface area contributed by atoms with Crippen LogP contribution in [-0.4, -0.2) is 46.8 Å². The average Bonchev–Trinajstić information content (AvgIpc) is 2.98. The van der Waals surface area contributed by atoms with E-state index in [1.165, 1.54) is 12.1 Å². The first-order valence-electron chi connectivity index (χ1n) is 8.91. The van der Waals surface area contributed by atoms with Gasteiger partial charge in [-0.3, -0.25) is 9.48 Å². The number of nitrogens with zero attached hydrogens (tertiary/aromatic N) is 4. The number of rotatable bonds is 3. The van der Waals surface area contributed by atoms with Crippen LogP contribution in [0.3, 0.4) is 0 Å². The summed E-state index contributed by atoms with van der Waals surface area (Å²) >= 11 is 0. The molecule has 1 fully saturated rings. The average molecular weight is 380 g/mol. The number of carbonyl (C=O) groups excluding carboxylic acids is 1. The quantitative estimate of drug-likeness (QED) is 0.819. The number of hydrogen-bond donors (Lipinski definition) is 0. The molecule has 2 heterocycles. The number of piperazine rings is 1. The zero-order valence-electron chi connectivity index (χ0n) is 15.6. The van der Waals surface area contributed by atoms with Crippen molar-refractivity contribution in [2.24, 2.45) is 0 Å². The number of aryl methyl sites for hydroxylation is 2. The van der Waals surface area contributed by atoms with Crippen molar-refractivity contribution >= 4 is 11.6 Å². The molecule has 2 aromatic rings. The molecule has 1 atom stereocenters. The highest BCUT2D eigenvalue weighted by molar-refractivity contribution is 5.80. The van der Waals surface area contributed by atoms with Crippen LogP contribution < -0.4 is 4.90 Å². The maximum absolute atomic E-state index is 13.2. The van der Waals surface area contributed by atoms with Crippen molar-refractivity contribution in [3.8, 4) is 0 Å². The van der Waals surface area contributed by atoms with Crippen molar-refractivity contribution in [3.63, 3.8) is 0 Å². The second-order valence-corrected chi connectivity index (χ2v) is 6.87. The maximum Gasteiger partial charge on any atom is 0.418 e. The molecule has 5 nitrogen and oxygen atoms in total. The molecule has 8 heteroatoms. The van der Waals surface area contributed by atoms with Gasteiger partial charge in [0.15, 0.2) is 0 Å². The van der Waals surface area contributed by atoms with Gasteiger partial charge in [-0.15, -0.1) is 0 Å². The first kappa shape index (κ1) is 19.3. The third kappa shape index (κ3) is 3.94. The van der Waals surface area contributed by atoms with Crippen molar-refractivity contribution in [3.05, 3.63) is 47.3 Å². The van der Waals surface area contributed by atoms with E-state index in [-0.39, 0.29) is 11.6 Å². The molecular weight excluding hydrogens is 357 g/mol. The van der Waals surface area contributed by atoms with Crippen LogP contribution in [-0.2, 0) is 11.0 Å². The standard InChI is InChI=1S/C19H23F3N4O/c1-13-12-14(2)26(23-13)15(3)18(27)25-10-8-24(9-11-25)17-7-5-4-6-16(17)19(20,21)22/h4-7,12,15H,8-11H2,1-3H3/t15-/m1/s1. The number of benzene rings is 1. The van der Waals surface area contributed by atoms with Crippen LogP contribution in [0.15, 0.2) is 30.3 Å². The van der Waals surface area contributed by atoms with Gasteiger partial charge >= 0.3 is 6.18 Å². The predicted octanol–water partition coefficient (Wildman–Crippen LogP) is 3.43. The zero-order valence-corrected chi connectivity index (χ0v) is 15.6. The normalized spacial score (nSPS) is 16.5. The van der Waals surface area contributed by atoms with Gasteiger partial charge in [0, 0.05) is 37.6 Å². The fraction of sp³-hybridized carbons (Fsp3) is 0.474. The van der Waals surface area contributed by atoms with Gasteiger partial charge in [0.05, 0.1) is 11.3 Å². The van der Waals surface area contributed by atoms with Gasteiger partial charge in [-0.1, -0.05) is 12.1 Å². The highest BCUT2D eigenvalue weighted by Gasteiger charge is 2.35. The Morgan fingerprint density at radius 2 is 1.74 bits per heavy atom. The topological polar surface area (TPSA) is 41.4 Å². The van der Waals surface area contributed by atoms with E-state index >= 15 is 0 Å². The Kier molecular flexibility index (Phi) is 5.17. The largest absolute Gasteiger partial charge is 0.418 e. The van der Waals surface area contributed by atoms with E-state index in [4.69, 9.17) is 0 Å². The highest BCUT2D eigenvalue weighted by atomic mass is 19.4. The molecule has 0 unspecified atom stereocenters. The molecule has 0 radical (unpaired) electrons. The lowest BCUT2D eigenvalue weighted by Gasteiger charge is -2.38. The Balaban J connectivity index is 1.69. The SMILES string of the molecule is Cc1cc(C)n([C@H](C)C(=O)N2CCN(c3ccccc3C(F)(F)F)CC2)n1. The van der Waals surface area contributed by atoms with Crippen molar-refractivity contribution in [1.29, 1.82) is 0 Å².